The Labute approximate surface area is 133 Å². The van der Waals surface area contributed by atoms with Crippen molar-refractivity contribution in [2.24, 2.45) is 5.73 Å². The lowest BCUT2D eigenvalue weighted by molar-refractivity contribution is 0.351. The summed E-state index contributed by atoms with van der Waals surface area (Å²) >= 11 is 3.60. The molecule has 0 spiro atoms. The van der Waals surface area contributed by atoms with Crippen LogP contribution in [0.15, 0.2) is 40.9 Å². The summed E-state index contributed by atoms with van der Waals surface area (Å²) in [7, 11) is 0. The zero-order chi connectivity index (χ0) is 14.4. The molecule has 108 valence electrons. The molecular formula is C18H18BrNO. The van der Waals surface area contributed by atoms with Crippen LogP contribution in [0.3, 0.4) is 0 Å². The molecule has 21 heavy (non-hydrogen) atoms. The molecule has 2 aromatic rings. The lowest BCUT2D eigenvalue weighted by Gasteiger charge is -2.35. The fraction of sp³-hybridized carbons (Fsp3) is 0.333. The topological polar surface area (TPSA) is 35.2 Å². The van der Waals surface area contributed by atoms with Gasteiger partial charge in [0.25, 0.3) is 0 Å². The Morgan fingerprint density at radius 2 is 2.10 bits per heavy atom. The Hall–Kier alpha value is -1.32. The standard InChI is InChI=1S/C18H18BrNO/c19-14-7-12-5-6-21-18(12)13(8-14)10-17(20)16-9-11-3-1-2-4-15(11)16/h1-4,7-8,16-17H,5-6,9-10,20H2. The SMILES string of the molecule is NC(Cc1cc(Br)cc2c1OCC2)C1Cc2ccccc21. The van der Waals surface area contributed by atoms with Gasteiger partial charge in [0, 0.05) is 22.9 Å². The van der Waals surface area contributed by atoms with Crippen LogP contribution < -0.4 is 10.5 Å². The molecule has 2 unspecified atom stereocenters. The third-order valence-electron chi connectivity index (χ3n) is 4.69. The van der Waals surface area contributed by atoms with E-state index in [0.717, 1.165) is 36.1 Å². The fourth-order valence-electron chi connectivity index (χ4n) is 3.57. The van der Waals surface area contributed by atoms with Gasteiger partial charge in [-0.3, -0.25) is 0 Å². The van der Waals surface area contributed by atoms with Crippen molar-refractivity contribution in [3.8, 4) is 5.75 Å². The van der Waals surface area contributed by atoms with Crippen LogP contribution >= 0.6 is 15.9 Å². The van der Waals surface area contributed by atoms with Gasteiger partial charge in [-0.25, -0.2) is 0 Å². The Kier molecular flexibility index (Phi) is 3.27. The van der Waals surface area contributed by atoms with Gasteiger partial charge < -0.3 is 10.5 Å². The summed E-state index contributed by atoms with van der Waals surface area (Å²) in [6.45, 7) is 0.792. The van der Waals surface area contributed by atoms with E-state index in [0.29, 0.717) is 5.92 Å². The summed E-state index contributed by atoms with van der Waals surface area (Å²) in [5.41, 5.74) is 11.9. The first-order valence-electron chi connectivity index (χ1n) is 7.50. The molecule has 2 aromatic carbocycles. The first-order valence-corrected chi connectivity index (χ1v) is 8.29. The maximum absolute atomic E-state index is 6.50. The molecular weight excluding hydrogens is 326 g/mol. The third kappa shape index (κ3) is 2.29. The second-order valence-electron chi connectivity index (χ2n) is 6.03. The van der Waals surface area contributed by atoms with E-state index in [1.807, 2.05) is 0 Å². The van der Waals surface area contributed by atoms with Crippen molar-refractivity contribution in [2.75, 3.05) is 6.61 Å². The van der Waals surface area contributed by atoms with Crippen LogP contribution in [0.4, 0.5) is 0 Å². The van der Waals surface area contributed by atoms with Gasteiger partial charge >= 0.3 is 0 Å². The van der Waals surface area contributed by atoms with Crippen molar-refractivity contribution in [3.63, 3.8) is 0 Å². The van der Waals surface area contributed by atoms with Gasteiger partial charge in [-0.05, 0) is 47.2 Å². The second kappa shape index (κ2) is 5.15. The van der Waals surface area contributed by atoms with E-state index in [2.05, 4.69) is 52.3 Å². The van der Waals surface area contributed by atoms with Crippen molar-refractivity contribution >= 4 is 15.9 Å². The zero-order valence-electron chi connectivity index (χ0n) is 11.8. The quantitative estimate of drug-likeness (QED) is 0.924. The van der Waals surface area contributed by atoms with Crippen molar-refractivity contribution in [1.29, 1.82) is 0 Å². The summed E-state index contributed by atoms with van der Waals surface area (Å²) < 4.78 is 6.94. The van der Waals surface area contributed by atoms with E-state index in [1.165, 1.54) is 22.3 Å². The van der Waals surface area contributed by atoms with E-state index in [-0.39, 0.29) is 6.04 Å². The molecule has 1 aliphatic carbocycles. The largest absolute Gasteiger partial charge is 0.493 e. The number of hydrogen-bond acceptors (Lipinski definition) is 2. The first kappa shape index (κ1) is 13.4. The molecule has 0 radical (unpaired) electrons. The molecule has 2 N–H and O–H groups in total. The molecule has 0 fully saturated rings. The molecule has 0 amide bonds. The highest BCUT2D eigenvalue weighted by Crippen LogP contribution is 2.39. The molecule has 3 heteroatoms. The lowest BCUT2D eigenvalue weighted by Crippen LogP contribution is -2.37. The van der Waals surface area contributed by atoms with Crippen LogP contribution in [0.1, 0.15) is 28.2 Å². The van der Waals surface area contributed by atoms with Crippen LogP contribution in [0.2, 0.25) is 0 Å². The van der Waals surface area contributed by atoms with Gasteiger partial charge in [-0.2, -0.15) is 0 Å². The number of ether oxygens (including phenoxy) is 1. The Bertz CT molecular complexity index is 698. The smallest absolute Gasteiger partial charge is 0.125 e. The van der Waals surface area contributed by atoms with E-state index < -0.39 is 0 Å². The van der Waals surface area contributed by atoms with Crippen LogP contribution in [-0.2, 0) is 19.3 Å². The highest BCUT2D eigenvalue weighted by atomic mass is 79.9. The normalized spacial score (nSPS) is 20.2. The van der Waals surface area contributed by atoms with E-state index >= 15 is 0 Å². The van der Waals surface area contributed by atoms with E-state index in [9.17, 15) is 0 Å². The molecule has 0 aromatic heterocycles. The summed E-state index contributed by atoms with van der Waals surface area (Å²) in [4.78, 5) is 0. The van der Waals surface area contributed by atoms with Crippen molar-refractivity contribution < 1.29 is 4.74 Å². The zero-order valence-corrected chi connectivity index (χ0v) is 13.4. The highest BCUT2D eigenvalue weighted by Gasteiger charge is 2.31. The number of benzene rings is 2. The molecule has 1 aliphatic heterocycles. The van der Waals surface area contributed by atoms with Crippen LogP contribution in [-0.4, -0.2) is 12.6 Å². The number of halogens is 1. The van der Waals surface area contributed by atoms with Crippen molar-refractivity contribution in [2.45, 2.75) is 31.2 Å². The minimum Gasteiger partial charge on any atom is -0.493 e. The van der Waals surface area contributed by atoms with E-state index in [4.69, 9.17) is 10.5 Å². The predicted octanol–water partition coefficient (Wildman–Crippen LogP) is 3.59. The van der Waals surface area contributed by atoms with Crippen molar-refractivity contribution in [3.05, 3.63) is 63.1 Å². The third-order valence-corrected chi connectivity index (χ3v) is 5.15. The average molecular weight is 344 g/mol. The lowest BCUT2D eigenvalue weighted by atomic mass is 9.72. The molecule has 0 saturated carbocycles. The molecule has 4 rings (SSSR count). The minimum absolute atomic E-state index is 0.155. The Morgan fingerprint density at radius 3 is 2.95 bits per heavy atom. The molecule has 1 heterocycles. The number of hydrogen-bond donors (Lipinski definition) is 1. The summed E-state index contributed by atoms with van der Waals surface area (Å²) in [5, 5.41) is 0. The molecule has 0 bridgehead atoms. The molecule has 2 aliphatic rings. The predicted molar refractivity (Wildman–Crippen MR) is 87.9 cm³/mol. The van der Waals surface area contributed by atoms with Gasteiger partial charge in [0.1, 0.15) is 5.75 Å². The fourth-order valence-corrected chi connectivity index (χ4v) is 4.13. The number of nitrogens with two attached hydrogens (primary N) is 1. The first-order chi connectivity index (χ1) is 10.2. The Balaban J connectivity index is 1.58. The van der Waals surface area contributed by atoms with Gasteiger partial charge in [0.05, 0.1) is 6.61 Å². The van der Waals surface area contributed by atoms with Crippen molar-refractivity contribution in [1.82, 2.24) is 0 Å². The maximum Gasteiger partial charge on any atom is 0.125 e. The van der Waals surface area contributed by atoms with Gasteiger partial charge in [-0.1, -0.05) is 40.2 Å². The number of fused-ring (bicyclic) bond motifs is 2. The average Bonchev–Trinajstić information content (AvgIpc) is 2.88. The molecule has 2 atom stereocenters. The second-order valence-corrected chi connectivity index (χ2v) is 6.94. The maximum atomic E-state index is 6.50. The van der Waals surface area contributed by atoms with Crippen LogP contribution in [0.5, 0.6) is 5.75 Å². The monoisotopic (exact) mass is 343 g/mol. The summed E-state index contributed by atoms with van der Waals surface area (Å²) in [6.07, 6.45) is 2.98. The van der Waals surface area contributed by atoms with E-state index in [1.54, 1.807) is 0 Å². The molecule has 0 saturated heterocycles. The van der Waals surface area contributed by atoms with Crippen LogP contribution in [0.25, 0.3) is 0 Å². The minimum atomic E-state index is 0.155. The van der Waals surface area contributed by atoms with Crippen LogP contribution in [0, 0.1) is 0 Å². The van der Waals surface area contributed by atoms with Gasteiger partial charge in [0.2, 0.25) is 0 Å². The van der Waals surface area contributed by atoms with Gasteiger partial charge in [0.15, 0.2) is 0 Å². The highest BCUT2D eigenvalue weighted by molar-refractivity contribution is 9.10. The Morgan fingerprint density at radius 1 is 1.24 bits per heavy atom. The molecule has 2 nitrogen and oxygen atoms in total. The number of rotatable bonds is 3. The summed E-state index contributed by atoms with van der Waals surface area (Å²) in [6, 6.07) is 13.1. The summed E-state index contributed by atoms with van der Waals surface area (Å²) in [5.74, 6) is 1.55. The van der Waals surface area contributed by atoms with Gasteiger partial charge in [-0.15, -0.1) is 0 Å².